The normalized spacial score (nSPS) is 16.9. The van der Waals surface area contributed by atoms with Crippen LogP contribution in [0.1, 0.15) is 70.6 Å². The van der Waals surface area contributed by atoms with Gasteiger partial charge in [0.05, 0.1) is 29.0 Å². The molecule has 2 aliphatic heterocycles. The zero-order valence-corrected chi connectivity index (χ0v) is 32.8. The Labute approximate surface area is 335 Å². The highest BCUT2D eigenvalue weighted by Crippen LogP contribution is 2.36. The van der Waals surface area contributed by atoms with Gasteiger partial charge in [0, 0.05) is 54.1 Å². The Morgan fingerprint density at radius 1 is 1.00 bits per heavy atom. The summed E-state index contributed by atoms with van der Waals surface area (Å²) in [4.78, 5) is 55.3. The van der Waals surface area contributed by atoms with Crippen molar-refractivity contribution in [3.05, 3.63) is 84.4 Å². The number of thiophene rings is 1. The number of thiazole rings is 1. The second kappa shape index (κ2) is 17.5. The van der Waals surface area contributed by atoms with Gasteiger partial charge in [-0.1, -0.05) is 43.4 Å². The summed E-state index contributed by atoms with van der Waals surface area (Å²) in [6.45, 7) is 6.61. The van der Waals surface area contributed by atoms with Crippen LogP contribution in [0, 0.1) is 5.82 Å². The summed E-state index contributed by atoms with van der Waals surface area (Å²) in [5, 5.41) is 4.74. The van der Waals surface area contributed by atoms with Crippen molar-refractivity contribution < 1.29 is 59.3 Å². The van der Waals surface area contributed by atoms with Crippen molar-refractivity contribution in [2.75, 3.05) is 45.9 Å². The van der Waals surface area contributed by atoms with Crippen molar-refractivity contribution in [1.29, 1.82) is 0 Å². The molecule has 0 saturated carbocycles. The Morgan fingerprint density at radius 3 is 2.38 bits per heavy atom. The van der Waals surface area contributed by atoms with Crippen LogP contribution in [0.2, 0.25) is 0 Å². The average Bonchev–Trinajstić information content (AvgIpc) is 3.82. The van der Waals surface area contributed by atoms with Crippen LogP contribution in [0.25, 0.3) is 10.2 Å². The topological polar surface area (TPSA) is 130 Å². The Balaban J connectivity index is 1.07. The van der Waals surface area contributed by atoms with Crippen LogP contribution in [0.4, 0.5) is 30.7 Å². The van der Waals surface area contributed by atoms with Crippen molar-refractivity contribution >= 4 is 50.7 Å². The second-order valence-corrected chi connectivity index (χ2v) is 16.3. The quantitative estimate of drug-likeness (QED) is 0.0679. The SMILES string of the molecule is CC(C)c1cc(C(=O)N2CCOC3(CCN(Cc4cccc(CCNC[C@H](OC(=O)C(F)(F)F)c5ccc(OC(=O)C(F)(F)F)c6[nH]c(=O)sc56)c4F)CC3)C2)cs1. The fourth-order valence-corrected chi connectivity index (χ4v) is 8.78. The lowest BCUT2D eigenvalue weighted by Crippen LogP contribution is -2.57. The van der Waals surface area contributed by atoms with Crippen molar-refractivity contribution in [2.24, 2.45) is 0 Å². The molecule has 2 N–H and O–H groups in total. The number of carbonyl (C=O) groups is 3. The molecule has 2 saturated heterocycles. The number of nitrogens with one attached hydrogen (secondary N) is 2. The third-order valence-electron chi connectivity index (χ3n) is 10.0. The number of ether oxygens (including phenoxy) is 3. The van der Waals surface area contributed by atoms with Crippen molar-refractivity contribution in [3.8, 4) is 5.75 Å². The predicted molar refractivity (Wildman–Crippen MR) is 200 cm³/mol. The number of nitrogens with zero attached hydrogens (tertiary/aromatic N) is 2. The number of alkyl halides is 6. The summed E-state index contributed by atoms with van der Waals surface area (Å²) >= 11 is 1.97. The molecule has 0 radical (unpaired) electrons. The molecule has 2 aromatic heterocycles. The number of amides is 1. The molecule has 314 valence electrons. The highest BCUT2D eigenvalue weighted by molar-refractivity contribution is 7.16. The molecule has 2 aromatic carbocycles. The third-order valence-corrected chi connectivity index (χ3v) is 12.2. The summed E-state index contributed by atoms with van der Waals surface area (Å²) in [5.41, 5.74) is 0.323. The number of piperidine rings is 1. The number of H-pyrrole nitrogens is 1. The zero-order chi connectivity index (χ0) is 42.0. The number of hydrogen-bond acceptors (Lipinski definition) is 11. The molecule has 1 atom stereocenters. The van der Waals surface area contributed by atoms with E-state index in [0.717, 1.165) is 17.0 Å². The van der Waals surface area contributed by atoms with Crippen LogP contribution in [0.5, 0.6) is 5.75 Å². The maximum Gasteiger partial charge on any atom is 0.491 e. The third kappa shape index (κ3) is 10.1. The summed E-state index contributed by atoms with van der Waals surface area (Å²) in [6, 6.07) is 8.68. The van der Waals surface area contributed by atoms with Gasteiger partial charge < -0.3 is 29.4 Å². The number of carbonyl (C=O) groups excluding carboxylic acids is 3. The first-order valence-corrected chi connectivity index (χ1v) is 20.0. The van der Waals surface area contributed by atoms with Crippen LogP contribution in [-0.2, 0) is 32.0 Å². The number of hydrogen-bond donors (Lipinski definition) is 2. The fourth-order valence-electron chi connectivity index (χ4n) is 6.97. The van der Waals surface area contributed by atoms with Gasteiger partial charge in [-0.3, -0.25) is 14.5 Å². The number of halogens is 7. The van der Waals surface area contributed by atoms with Crippen LogP contribution in [-0.4, -0.2) is 96.5 Å². The minimum absolute atomic E-state index is 0.00279. The number of morpholine rings is 1. The summed E-state index contributed by atoms with van der Waals surface area (Å²) in [7, 11) is 0. The highest BCUT2D eigenvalue weighted by Gasteiger charge is 2.44. The molecule has 58 heavy (non-hydrogen) atoms. The van der Waals surface area contributed by atoms with Crippen LogP contribution in [0.15, 0.2) is 46.6 Å². The maximum atomic E-state index is 15.8. The first-order chi connectivity index (χ1) is 27.3. The lowest BCUT2D eigenvalue weighted by atomic mass is 9.89. The largest absolute Gasteiger partial charge is 0.491 e. The molecule has 4 heterocycles. The van der Waals surface area contributed by atoms with Gasteiger partial charge in [-0.25, -0.2) is 14.0 Å². The molecule has 1 amide bonds. The van der Waals surface area contributed by atoms with Crippen molar-refractivity contribution in [1.82, 2.24) is 20.1 Å². The van der Waals surface area contributed by atoms with Gasteiger partial charge in [0.2, 0.25) is 0 Å². The number of likely N-dealkylation sites (tertiary alicyclic amines) is 1. The number of aromatic nitrogens is 1. The Kier molecular flexibility index (Phi) is 13.0. The number of benzene rings is 2. The van der Waals surface area contributed by atoms with E-state index in [1.165, 1.54) is 0 Å². The minimum atomic E-state index is -5.41. The zero-order valence-electron chi connectivity index (χ0n) is 31.2. The molecule has 0 unspecified atom stereocenters. The molecule has 0 bridgehead atoms. The van der Waals surface area contributed by atoms with Gasteiger partial charge in [0.15, 0.2) is 5.75 Å². The standard InChI is InChI=1S/C38H39F7N4O7S2/c1-21(2)28-16-24(19-57-28)32(50)49-14-15-54-36(20-49)9-12-48(13-10-36)18-23-5-3-4-22(29(23)39)8-11-46-17-27(56-34(52)38(43,44)45)25-6-7-26(55-33(51)37(40,41)42)30-31(25)58-35(53)47-30/h3-7,16,19,21,27,46H,8-15,17-18,20H2,1-2H3,(H,47,53)/t27-/m0/s1. The molecule has 4 aromatic rings. The first kappa shape index (κ1) is 43.2. The number of rotatable bonds is 12. The average molecular weight is 861 g/mol. The van der Waals surface area contributed by atoms with E-state index in [2.05, 4.69) is 33.8 Å². The van der Waals surface area contributed by atoms with E-state index in [1.54, 1.807) is 29.5 Å². The Morgan fingerprint density at radius 2 is 1.71 bits per heavy atom. The molecule has 6 rings (SSSR count). The minimum Gasteiger partial charge on any atom is -0.449 e. The van der Waals surface area contributed by atoms with Gasteiger partial charge >= 0.3 is 29.2 Å². The van der Waals surface area contributed by atoms with E-state index >= 15 is 4.39 Å². The van der Waals surface area contributed by atoms with Gasteiger partial charge in [0.1, 0.15) is 17.4 Å². The van der Waals surface area contributed by atoms with Gasteiger partial charge in [-0.15, -0.1) is 11.3 Å². The number of fused-ring (bicyclic) bond motifs is 1. The summed E-state index contributed by atoms with van der Waals surface area (Å²) in [6.07, 6.45) is -11.1. The highest BCUT2D eigenvalue weighted by atomic mass is 32.1. The monoisotopic (exact) mass is 860 g/mol. The second-order valence-electron chi connectivity index (χ2n) is 14.4. The molecule has 0 aliphatic carbocycles. The molecular formula is C38H39F7N4O7S2. The molecule has 2 aliphatic rings. The van der Waals surface area contributed by atoms with E-state index in [0.29, 0.717) is 86.1 Å². The first-order valence-electron chi connectivity index (χ1n) is 18.3. The van der Waals surface area contributed by atoms with Crippen LogP contribution >= 0.6 is 22.7 Å². The van der Waals surface area contributed by atoms with Crippen molar-refractivity contribution in [2.45, 2.75) is 69.6 Å². The van der Waals surface area contributed by atoms with E-state index in [9.17, 15) is 45.5 Å². The van der Waals surface area contributed by atoms with Gasteiger partial charge in [-0.05, 0) is 55.5 Å². The lowest BCUT2D eigenvalue weighted by molar-refractivity contribution is -0.205. The molecule has 11 nitrogen and oxygen atoms in total. The van der Waals surface area contributed by atoms with Crippen LogP contribution in [0.3, 0.4) is 0 Å². The van der Waals surface area contributed by atoms with E-state index in [4.69, 9.17) is 9.47 Å². The van der Waals surface area contributed by atoms with E-state index in [1.807, 2.05) is 16.3 Å². The van der Waals surface area contributed by atoms with Crippen molar-refractivity contribution in [3.63, 3.8) is 0 Å². The summed E-state index contributed by atoms with van der Waals surface area (Å²) < 4.78 is 109. The lowest BCUT2D eigenvalue weighted by Gasteiger charge is -2.47. The summed E-state index contributed by atoms with van der Waals surface area (Å²) in [5.74, 6) is -6.03. The maximum absolute atomic E-state index is 15.8. The Bertz CT molecular complexity index is 2190. The fraction of sp³-hybridized carbons (Fsp3) is 0.474. The molecule has 1 spiro atoms. The van der Waals surface area contributed by atoms with Crippen LogP contribution < -0.4 is 14.9 Å². The smallest absolute Gasteiger partial charge is 0.449 e. The molecular weight excluding hydrogens is 822 g/mol. The molecule has 2 fully saturated rings. The number of esters is 2. The van der Waals surface area contributed by atoms with Gasteiger partial charge in [-0.2, -0.15) is 26.3 Å². The number of aromatic amines is 1. The van der Waals surface area contributed by atoms with E-state index < -0.39 is 64.5 Å². The van der Waals surface area contributed by atoms with Gasteiger partial charge in [0.25, 0.3) is 5.91 Å². The predicted octanol–water partition coefficient (Wildman–Crippen LogP) is 6.87. The molecule has 20 heteroatoms. The van der Waals surface area contributed by atoms with E-state index in [-0.39, 0.29) is 29.1 Å². The Hall–Kier alpha value is -4.37.